The smallest absolute Gasteiger partial charge is 0.416 e. The maximum absolute atomic E-state index is 12.6. The predicted molar refractivity (Wildman–Crippen MR) is 84.0 cm³/mol. The number of aromatic amines is 1. The molecule has 0 unspecified atom stereocenters. The number of hydrogen-bond donors (Lipinski definition) is 2. The Hall–Kier alpha value is -2.61. The molecule has 124 valence electrons. The molecule has 0 fully saturated rings. The van der Waals surface area contributed by atoms with Gasteiger partial charge in [-0.3, -0.25) is 0 Å². The highest BCUT2D eigenvalue weighted by molar-refractivity contribution is 7.15. The molecule has 3 rings (SSSR count). The molecule has 0 saturated heterocycles. The third-order valence-electron chi connectivity index (χ3n) is 3.38. The lowest BCUT2D eigenvalue weighted by Crippen LogP contribution is -2.04. The van der Waals surface area contributed by atoms with Gasteiger partial charge in [0.15, 0.2) is 5.69 Å². The minimum absolute atomic E-state index is 0.160. The van der Waals surface area contributed by atoms with Crippen molar-refractivity contribution in [3.63, 3.8) is 0 Å². The molecule has 2 N–H and O–H groups in total. The van der Waals surface area contributed by atoms with Crippen LogP contribution in [0.4, 0.5) is 13.2 Å². The number of aromatic carboxylic acids is 1. The predicted octanol–water partition coefficient (Wildman–Crippen LogP) is 4.83. The summed E-state index contributed by atoms with van der Waals surface area (Å²) in [7, 11) is 0. The maximum atomic E-state index is 12.6. The summed E-state index contributed by atoms with van der Waals surface area (Å²) in [6.07, 6.45) is -4.42. The minimum atomic E-state index is -4.42. The van der Waals surface area contributed by atoms with E-state index in [2.05, 4.69) is 9.97 Å². The molecule has 0 saturated carbocycles. The molecule has 8 heteroatoms. The normalized spacial score (nSPS) is 11.7. The minimum Gasteiger partial charge on any atom is -0.476 e. The molecule has 24 heavy (non-hydrogen) atoms. The molecule has 0 amide bonds. The number of aryl methyl sites for hydroxylation is 1. The van der Waals surface area contributed by atoms with Gasteiger partial charge in [-0.15, -0.1) is 11.3 Å². The van der Waals surface area contributed by atoms with Gasteiger partial charge < -0.3 is 10.1 Å². The van der Waals surface area contributed by atoms with Crippen molar-refractivity contribution in [2.75, 3.05) is 0 Å². The average molecular weight is 352 g/mol. The van der Waals surface area contributed by atoms with E-state index in [1.165, 1.54) is 23.5 Å². The van der Waals surface area contributed by atoms with Gasteiger partial charge >= 0.3 is 12.1 Å². The highest BCUT2D eigenvalue weighted by atomic mass is 32.1. The summed E-state index contributed by atoms with van der Waals surface area (Å²) in [5.41, 5.74) is -0.211. The topological polar surface area (TPSA) is 66.0 Å². The van der Waals surface area contributed by atoms with Crippen LogP contribution < -0.4 is 0 Å². The molecule has 0 aliphatic heterocycles. The molecule has 0 bridgehead atoms. The van der Waals surface area contributed by atoms with Gasteiger partial charge in [0.25, 0.3) is 0 Å². The van der Waals surface area contributed by atoms with Crippen LogP contribution in [-0.2, 0) is 6.18 Å². The van der Waals surface area contributed by atoms with Gasteiger partial charge in [0.2, 0.25) is 0 Å². The number of thiophene rings is 1. The second-order valence-corrected chi connectivity index (χ2v) is 6.39. The first kappa shape index (κ1) is 16.3. The van der Waals surface area contributed by atoms with Crippen LogP contribution in [-0.4, -0.2) is 21.0 Å². The number of alkyl halides is 3. The maximum Gasteiger partial charge on any atom is 0.416 e. The van der Waals surface area contributed by atoms with E-state index in [0.29, 0.717) is 16.1 Å². The van der Waals surface area contributed by atoms with Crippen molar-refractivity contribution < 1.29 is 23.1 Å². The lowest BCUT2D eigenvalue weighted by Gasteiger charge is -2.06. The molecule has 2 heterocycles. The molecule has 2 aromatic heterocycles. The highest BCUT2D eigenvalue weighted by Gasteiger charge is 2.30. The van der Waals surface area contributed by atoms with E-state index in [4.69, 9.17) is 0 Å². The van der Waals surface area contributed by atoms with Gasteiger partial charge in [-0.25, -0.2) is 9.78 Å². The van der Waals surface area contributed by atoms with Gasteiger partial charge in [0.1, 0.15) is 5.82 Å². The molecule has 0 atom stereocenters. The van der Waals surface area contributed by atoms with Crippen LogP contribution in [0.25, 0.3) is 22.0 Å². The SMILES string of the molecule is Cc1ccc(-c2[nH]c(-c3ccc(C(F)(F)F)cc3)nc2C(=O)O)s1. The Labute approximate surface area is 138 Å². The highest BCUT2D eigenvalue weighted by Crippen LogP contribution is 2.33. The molecule has 0 aliphatic carbocycles. The van der Waals surface area contributed by atoms with Gasteiger partial charge in [0, 0.05) is 10.4 Å². The number of carbonyl (C=O) groups is 1. The van der Waals surface area contributed by atoms with E-state index in [0.717, 1.165) is 17.0 Å². The van der Waals surface area contributed by atoms with Crippen LogP contribution in [0.15, 0.2) is 36.4 Å². The second kappa shape index (κ2) is 5.79. The second-order valence-electron chi connectivity index (χ2n) is 5.10. The zero-order chi connectivity index (χ0) is 17.5. The molecule has 3 aromatic rings. The Morgan fingerprint density at radius 1 is 1.17 bits per heavy atom. The zero-order valence-corrected chi connectivity index (χ0v) is 13.1. The van der Waals surface area contributed by atoms with Gasteiger partial charge in [-0.1, -0.05) is 12.1 Å². The molecule has 0 spiro atoms. The van der Waals surface area contributed by atoms with Crippen molar-refractivity contribution in [2.45, 2.75) is 13.1 Å². The van der Waals surface area contributed by atoms with E-state index >= 15 is 0 Å². The molecular weight excluding hydrogens is 341 g/mol. The zero-order valence-electron chi connectivity index (χ0n) is 12.3. The number of benzene rings is 1. The summed E-state index contributed by atoms with van der Waals surface area (Å²) < 4.78 is 37.9. The van der Waals surface area contributed by atoms with Gasteiger partial charge in [0.05, 0.1) is 16.1 Å². The Kier molecular flexibility index (Phi) is 3.92. The van der Waals surface area contributed by atoms with Crippen molar-refractivity contribution in [1.82, 2.24) is 9.97 Å². The largest absolute Gasteiger partial charge is 0.476 e. The monoisotopic (exact) mass is 352 g/mol. The number of rotatable bonds is 3. The van der Waals surface area contributed by atoms with Gasteiger partial charge in [-0.05, 0) is 31.2 Å². The first-order chi connectivity index (χ1) is 11.3. The summed E-state index contributed by atoms with van der Waals surface area (Å²) in [6.45, 7) is 1.89. The van der Waals surface area contributed by atoms with Crippen LogP contribution in [0.3, 0.4) is 0 Å². The first-order valence-corrected chi connectivity index (χ1v) is 7.65. The van der Waals surface area contributed by atoms with Crippen LogP contribution in [0.1, 0.15) is 20.9 Å². The average Bonchev–Trinajstić information content (AvgIpc) is 3.12. The quantitative estimate of drug-likeness (QED) is 0.709. The number of nitrogens with zero attached hydrogens (tertiary/aromatic N) is 1. The number of aromatic nitrogens is 2. The van der Waals surface area contributed by atoms with Crippen molar-refractivity contribution in [1.29, 1.82) is 0 Å². The number of carboxylic acid groups (broad SMARTS) is 1. The van der Waals surface area contributed by atoms with Gasteiger partial charge in [-0.2, -0.15) is 13.2 Å². The molecular formula is C16H11F3N2O2S. The molecule has 0 radical (unpaired) electrons. The fourth-order valence-electron chi connectivity index (χ4n) is 2.23. The van der Waals surface area contributed by atoms with Crippen LogP contribution >= 0.6 is 11.3 Å². The third-order valence-corrected chi connectivity index (χ3v) is 4.40. The standard InChI is InChI=1S/C16H11F3N2O2S/c1-8-2-7-11(24-8)12-13(15(22)23)21-14(20-12)9-3-5-10(6-4-9)16(17,18)19/h2-7H,1H3,(H,20,21)(H,22,23). The van der Waals surface area contributed by atoms with E-state index in [1.807, 2.05) is 13.0 Å². The Morgan fingerprint density at radius 3 is 2.33 bits per heavy atom. The first-order valence-electron chi connectivity index (χ1n) is 6.83. The van der Waals surface area contributed by atoms with Crippen molar-refractivity contribution in [3.05, 3.63) is 52.5 Å². The number of nitrogens with one attached hydrogen (secondary N) is 1. The Bertz CT molecular complexity index is 895. The lowest BCUT2D eigenvalue weighted by molar-refractivity contribution is -0.137. The van der Waals surface area contributed by atoms with E-state index in [1.54, 1.807) is 6.07 Å². The summed E-state index contributed by atoms with van der Waals surface area (Å²) >= 11 is 1.40. The number of carboxylic acids is 1. The van der Waals surface area contributed by atoms with Crippen molar-refractivity contribution in [3.8, 4) is 22.0 Å². The number of halogens is 3. The summed E-state index contributed by atoms with van der Waals surface area (Å²) in [5, 5.41) is 9.32. The van der Waals surface area contributed by atoms with Crippen LogP contribution in [0.2, 0.25) is 0 Å². The van der Waals surface area contributed by atoms with Crippen LogP contribution in [0, 0.1) is 6.92 Å². The summed E-state index contributed by atoms with van der Waals surface area (Å²) in [4.78, 5) is 20.0. The fraction of sp³-hybridized carbons (Fsp3) is 0.125. The third kappa shape index (κ3) is 3.05. The Morgan fingerprint density at radius 2 is 1.83 bits per heavy atom. The molecule has 0 aliphatic rings. The summed E-state index contributed by atoms with van der Waals surface area (Å²) in [6, 6.07) is 8.02. The summed E-state index contributed by atoms with van der Waals surface area (Å²) in [5.74, 6) is -0.993. The number of H-pyrrole nitrogens is 1. The number of imidazole rings is 1. The molecule has 4 nitrogen and oxygen atoms in total. The fourth-order valence-corrected chi connectivity index (χ4v) is 3.10. The molecule has 1 aromatic carbocycles. The number of hydrogen-bond acceptors (Lipinski definition) is 3. The Balaban J connectivity index is 2.05. The lowest BCUT2D eigenvalue weighted by atomic mass is 10.1. The van der Waals surface area contributed by atoms with Crippen molar-refractivity contribution in [2.24, 2.45) is 0 Å². The van der Waals surface area contributed by atoms with E-state index < -0.39 is 17.7 Å². The van der Waals surface area contributed by atoms with Crippen LogP contribution in [0.5, 0.6) is 0 Å². The van der Waals surface area contributed by atoms with E-state index in [9.17, 15) is 23.1 Å². The van der Waals surface area contributed by atoms with E-state index in [-0.39, 0.29) is 11.5 Å². The van der Waals surface area contributed by atoms with Crippen molar-refractivity contribution >= 4 is 17.3 Å².